The van der Waals surface area contributed by atoms with E-state index in [4.69, 9.17) is 42.9 Å². The van der Waals surface area contributed by atoms with E-state index in [2.05, 4.69) is 20.9 Å². The van der Waals surface area contributed by atoms with Crippen LogP contribution in [0.25, 0.3) is 0 Å². The van der Waals surface area contributed by atoms with Crippen LogP contribution in [-0.4, -0.2) is 39.1 Å². The fraction of sp³-hybridized carbons (Fsp3) is 0.333. The van der Waals surface area contributed by atoms with E-state index >= 15 is 0 Å². The number of aliphatic hydroxyl groups is 2. The van der Waals surface area contributed by atoms with Crippen molar-refractivity contribution in [2.24, 2.45) is 0 Å². The number of ether oxygens (including phenoxy) is 2. The Morgan fingerprint density at radius 2 is 1.92 bits per heavy atom. The number of halogens is 3. The molecule has 2 rings (SSSR count). The molecule has 0 saturated heterocycles. The van der Waals surface area contributed by atoms with Crippen molar-refractivity contribution in [2.75, 3.05) is 13.2 Å². The zero-order chi connectivity index (χ0) is 19.3. The molecule has 11 heteroatoms. The maximum absolute atomic E-state index is 12.1. The Balaban J connectivity index is 2.30. The number of rotatable bonds is 8. The molecule has 0 unspecified atom stereocenters. The zero-order valence-corrected chi connectivity index (χ0v) is 16.3. The third-order valence-electron chi connectivity index (χ3n) is 3.35. The predicted octanol–water partition coefficient (Wildman–Crippen LogP) is 1.51. The summed E-state index contributed by atoms with van der Waals surface area (Å²) in [6.07, 6.45) is -0.868. The van der Waals surface area contributed by atoms with E-state index in [9.17, 15) is 9.59 Å². The average Bonchev–Trinajstić information content (AvgIpc) is 2.60. The number of nitrogens with one attached hydrogen (secondary N) is 1. The van der Waals surface area contributed by atoms with E-state index in [0.717, 1.165) is 4.57 Å². The first kappa shape index (κ1) is 20.9. The molecule has 0 atom stereocenters. The minimum absolute atomic E-state index is 0.0790. The highest BCUT2D eigenvalue weighted by Gasteiger charge is 2.16. The lowest BCUT2D eigenvalue weighted by Gasteiger charge is -2.18. The molecular weight excluding hydrogens is 455 g/mol. The van der Waals surface area contributed by atoms with Crippen molar-refractivity contribution in [3.63, 3.8) is 0 Å². The molecule has 142 valence electrons. The summed E-state index contributed by atoms with van der Waals surface area (Å²) in [4.78, 5) is 26.1. The molecule has 1 aromatic carbocycles. The van der Waals surface area contributed by atoms with E-state index in [1.54, 1.807) is 12.1 Å². The Morgan fingerprint density at radius 1 is 1.23 bits per heavy atom. The van der Waals surface area contributed by atoms with Crippen molar-refractivity contribution in [3.05, 3.63) is 59.2 Å². The summed E-state index contributed by atoms with van der Waals surface area (Å²) in [5.41, 5.74) is -1.17. The molecule has 0 saturated carbocycles. The van der Waals surface area contributed by atoms with Gasteiger partial charge in [-0.25, -0.2) is 4.79 Å². The SMILES string of the molecule is O=c1[nH]c(=O)n(COC(CO)CO)c(COc2ccc(Cl)cc2Cl)c1Br. The monoisotopic (exact) mass is 468 g/mol. The summed E-state index contributed by atoms with van der Waals surface area (Å²) in [5.74, 6) is 0.312. The third kappa shape index (κ3) is 5.09. The average molecular weight is 470 g/mol. The smallest absolute Gasteiger partial charge is 0.330 e. The number of aromatic amines is 1. The Bertz CT molecular complexity index is 881. The van der Waals surface area contributed by atoms with Crippen molar-refractivity contribution < 1.29 is 19.7 Å². The Labute approximate surface area is 166 Å². The van der Waals surface area contributed by atoms with Crippen LogP contribution in [-0.2, 0) is 18.1 Å². The van der Waals surface area contributed by atoms with Gasteiger partial charge in [-0.2, -0.15) is 0 Å². The lowest BCUT2D eigenvalue weighted by atomic mass is 10.3. The van der Waals surface area contributed by atoms with E-state index in [-0.39, 0.29) is 28.5 Å². The van der Waals surface area contributed by atoms with Crippen molar-refractivity contribution >= 4 is 39.1 Å². The molecule has 0 bridgehead atoms. The Morgan fingerprint density at radius 3 is 2.54 bits per heavy atom. The predicted molar refractivity (Wildman–Crippen MR) is 98.9 cm³/mol. The lowest BCUT2D eigenvalue weighted by Crippen LogP contribution is -2.36. The van der Waals surface area contributed by atoms with Gasteiger partial charge in [-0.15, -0.1) is 0 Å². The molecule has 0 aliphatic heterocycles. The summed E-state index contributed by atoms with van der Waals surface area (Å²) < 4.78 is 12.0. The van der Waals surface area contributed by atoms with Gasteiger partial charge < -0.3 is 19.7 Å². The van der Waals surface area contributed by atoms with Crippen LogP contribution in [0.15, 0.2) is 32.3 Å². The topological polar surface area (TPSA) is 114 Å². The number of hydrogen-bond acceptors (Lipinski definition) is 6. The van der Waals surface area contributed by atoms with Crippen molar-refractivity contribution in [1.29, 1.82) is 0 Å². The molecule has 0 spiro atoms. The van der Waals surface area contributed by atoms with Crippen LogP contribution >= 0.6 is 39.1 Å². The molecular formula is C15H15BrCl2N2O6. The molecule has 0 fully saturated rings. The van der Waals surface area contributed by atoms with Crippen LogP contribution in [0.1, 0.15) is 5.69 Å². The summed E-state index contributed by atoms with van der Waals surface area (Å²) in [6.45, 7) is -1.34. The molecule has 3 N–H and O–H groups in total. The van der Waals surface area contributed by atoms with Crippen molar-refractivity contribution in [2.45, 2.75) is 19.4 Å². The van der Waals surface area contributed by atoms with Crippen LogP contribution in [0.3, 0.4) is 0 Å². The largest absolute Gasteiger partial charge is 0.486 e. The molecule has 0 amide bonds. The quantitative estimate of drug-likeness (QED) is 0.540. The first-order valence-corrected chi connectivity index (χ1v) is 8.85. The highest BCUT2D eigenvalue weighted by molar-refractivity contribution is 9.10. The number of aromatic nitrogens is 2. The van der Waals surface area contributed by atoms with Gasteiger partial charge in [-0.05, 0) is 34.1 Å². The number of nitrogens with zero attached hydrogens (tertiary/aromatic N) is 1. The Kier molecular flexibility index (Phi) is 7.69. The summed E-state index contributed by atoms with van der Waals surface area (Å²) in [7, 11) is 0. The van der Waals surface area contributed by atoms with E-state index in [1.807, 2.05) is 0 Å². The Hall–Kier alpha value is -1.36. The van der Waals surface area contributed by atoms with Gasteiger partial charge in [0.25, 0.3) is 5.56 Å². The second kappa shape index (κ2) is 9.54. The summed E-state index contributed by atoms with van der Waals surface area (Å²) in [6, 6.07) is 4.63. The molecule has 0 aliphatic rings. The normalized spacial score (nSPS) is 11.2. The van der Waals surface area contributed by atoms with E-state index in [1.165, 1.54) is 6.07 Å². The van der Waals surface area contributed by atoms with Gasteiger partial charge in [0, 0.05) is 5.02 Å². The maximum Gasteiger partial charge on any atom is 0.330 e. The molecule has 0 aliphatic carbocycles. The van der Waals surface area contributed by atoms with Gasteiger partial charge in [0.1, 0.15) is 29.7 Å². The maximum atomic E-state index is 12.1. The third-order valence-corrected chi connectivity index (χ3v) is 4.70. The number of aliphatic hydroxyl groups excluding tert-OH is 2. The fourth-order valence-electron chi connectivity index (χ4n) is 1.95. The van der Waals surface area contributed by atoms with Crippen LogP contribution in [0.4, 0.5) is 0 Å². The second-order valence-corrected chi connectivity index (χ2v) is 6.73. The number of benzene rings is 1. The van der Waals surface area contributed by atoms with Gasteiger partial charge in [0.15, 0.2) is 0 Å². The number of H-pyrrole nitrogens is 1. The zero-order valence-electron chi connectivity index (χ0n) is 13.2. The highest BCUT2D eigenvalue weighted by atomic mass is 79.9. The molecule has 26 heavy (non-hydrogen) atoms. The first-order valence-electron chi connectivity index (χ1n) is 7.30. The molecule has 0 radical (unpaired) electrons. The standard InChI is InChI=1S/C15H15BrCl2N2O6/c16-13-11(6-25-12-2-1-8(17)3-10(12)18)20(15(24)19-14(13)23)7-26-9(4-21)5-22/h1-3,9,21-22H,4-7H2,(H,19,23,24). The van der Waals surface area contributed by atoms with Crippen LogP contribution in [0, 0.1) is 0 Å². The minimum Gasteiger partial charge on any atom is -0.486 e. The summed E-state index contributed by atoms with van der Waals surface area (Å²) >= 11 is 15.0. The van der Waals surface area contributed by atoms with Crippen molar-refractivity contribution in [3.8, 4) is 5.75 Å². The molecule has 1 heterocycles. The van der Waals surface area contributed by atoms with Crippen LogP contribution < -0.4 is 16.0 Å². The van der Waals surface area contributed by atoms with E-state index < -0.39 is 30.6 Å². The first-order chi connectivity index (χ1) is 12.4. The van der Waals surface area contributed by atoms with Gasteiger partial charge in [0.05, 0.1) is 23.9 Å². The summed E-state index contributed by atoms with van der Waals surface area (Å²) in [5, 5.41) is 18.8. The second-order valence-electron chi connectivity index (χ2n) is 5.09. The van der Waals surface area contributed by atoms with E-state index in [0.29, 0.717) is 10.8 Å². The minimum atomic E-state index is -0.868. The van der Waals surface area contributed by atoms with Gasteiger partial charge in [-0.1, -0.05) is 23.2 Å². The molecule has 8 nitrogen and oxygen atoms in total. The lowest BCUT2D eigenvalue weighted by molar-refractivity contribution is -0.0527. The van der Waals surface area contributed by atoms with Crippen LogP contribution in [0.5, 0.6) is 5.75 Å². The fourth-order valence-corrected chi connectivity index (χ4v) is 2.84. The van der Waals surface area contributed by atoms with Gasteiger partial charge >= 0.3 is 5.69 Å². The highest BCUT2D eigenvalue weighted by Crippen LogP contribution is 2.28. The van der Waals surface area contributed by atoms with Gasteiger partial charge in [-0.3, -0.25) is 14.3 Å². The van der Waals surface area contributed by atoms with Gasteiger partial charge in [0.2, 0.25) is 0 Å². The molecule has 1 aromatic heterocycles. The number of hydrogen-bond donors (Lipinski definition) is 3. The van der Waals surface area contributed by atoms with Crippen LogP contribution in [0.2, 0.25) is 10.0 Å². The molecule has 2 aromatic rings. The van der Waals surface area contributed by atoms with Crippen molar-refractivity contribution in [1.82, 2.24) is 9.55 Å².